The van der Waals surface area contributed by atoms with Crippen LogP contribution in [0, 0.1) is 0 Å². The quantitative estimate of drug-likeness (QED) is 0.738. The van der Waals surface area contributed by atoms with Crippen LogP contribution in [-0.4, -0.2) is 26.1 Å². The Morgan fingerprint density at radius 1 is 1.43 bits per heavy atom. The average molecular weight is 192 g/mol. The lowest BCUT2D eigenvalue weighted by Gasteiger charge is -1.89. The molecule has 74 valence electrons. The fourth-order valence-corrected chi connectivity index (χ4v) is 1.53. The van der Waals surface area contributed by atoms with Crippen molar-refractivity contribution in [3.8, 4) is 0 Å². The number of aldehydes is 1. The third-order valence-electron chi connectivity index (χ3n) is 2.26. The minimum atomic E-state index is 0.574. The molecular formula is C9H12N4O. The summed E-state index contributed by atoms with van der Waals surface area (Å²) >= 11 is 0. The normalized spacial score (nSPS) is 11.0. The zero-order valence-electron chi connectivity index (χ0n) is 8.24. The molecular weight excluding hydrogens is 180 g/mol. The number of carbonyl (C=O) groups is 1. The number of rotatable bonds is 3. The second kappa shape index (κ2) is 3.25. The molecule has 0 saturated heterocycles. The number of nitrogens with one attached hydrogen (secondary N) is 1. The van der Waals surface area contributed by atoms with Crippen LogP contribution in [0.2, 0.25) is 0 Å². The maximum atomic E-state index is 10.7. The topological polar surface area (TPSA) is 63.0 Å². The van der Waals surface area contributed by atoms with Crippen LogP contribution >= 0.6 is 0 Å². The zero-order chi connectivity index (χ0) is 10.1. The predicted molar refractivity (Wildman–Crippen MR) is 51.5 cm³/mol. The molecule has 0 spiro atoms. The maximum Gasteiger partial charge on any atom is 0.179 e. The lowest BCUT2D eigenvalue weighted by atomic mass is 10.2. The van der Waals surface area contributed by atoms with E-state index in [0.29, 0.717) is 5.69 Å². The van der Waals surface area contributed by atoms with E-state index in [4.69, 9.17) is 0 Å². The summed E-state index contributed by atoms with van der Waals surface area (Å²) in [7, 11) is 0. The van der Waals surface area contributed by atoms with E-state index in [2.05, 4.69) is 15.2 Å². The molecule has 2 aromatic heterocycles. The Kier molecular flexibility index (Phi) is 2.07. The van der Waals surface area contributed by atoms with E-state index in [1.807, 2.05) is 13.8 Å². The van der Waals surface area contributed by atoms with Crippen LogP contribution in [0.1, 0.15) is 35.7 Å². The first-order valence-corrected chi connectivity index (χ1v) is 4.71. The summed E-state index contributed by atoms with van der Waals surface area (Å²) in [5.74, 6) is 0.795. The van der Waals surface area contributed by atoms with Crippen molar-refractivity contribution in [1.29, 1.82) is 0 Å². The molecule has 0 aliphatic heterocycles. The number of hydrogen-bond donors (Lipinski definition) is 1. The highest BCUT2D eigenvalue weighted by Crippen LogP contribution is 2.13. The summed E-state index contributed by atoms with van der Waals surface area (Å²) in [6.07, 6.45) is 2.39. The van der Waals surface area contributed by atoms with Gasteiger partial charge in [0.15, 0.2) is 17.8 Å². The Morgan fingerprint density at radius 2 is 2.21 bits per heavy atom. The van der Waals surface area contributed by atoms with E-state index in [0.717, 1.165) is 36.2 Å². The van der Waals surface area contributed by atoms with E-state index < -0.39 is 0 Å². The predicted octanol–water partition coefficient (Wildman–Crippen LogP) is 0.995. The van der Waals surface area contributed by atoms with Crippen molar-refractivity contribution in [3.63, 3.8) is 0 Å². The monoisotopic (exact) mass is 192 g/mol. The molecule has 2 rings (SSSR count). The first-order valence-electron chi connectivity index (χ1n) is 4.71. The fraction of sp³-hybridized carbons (Fsp3) is 0.444. The number of aryl methyl sites for hydroxylation is 2. The second-order valence-corrected chi connectivity index (χ2v) is 3.09. The SMILES string of the molecule is CCc1nc2c(CC)c(C=O)[nH]n2n1. The van der Waals surface area contributed by atoms with E-state index >= 15 is 0 Å². The van der Waals surface area contributed by atoms with Gasteiger partial charge in [-0.25, -0.2) is 4.98 Å². The zero-order valence-corrected chi connectivity index (χ0v) is 8.24. The molecule has 5 nitrogen and oxygen atoms in total. The third kappa shape index (κ3) is 1.13. The molecule has 5 heteroatoms. The molecule has 14 heavy (non-hydrogen) atoms. The number of fused-ring (bicyclic) bond motifs is 1. The lowest BCUT2D eigenvalue weighted by Crippen LogP contribution is -1.92. The maximum absolute atomic E-state index is 10.7. The lowest BCUT2D eigenvalue weighted by molar-refractivity contribution is 0.111. The van der Waals surface area contributed by atoms with Gasteiger partial charge in [0.05, 0.1) is 0 Å². The van der Waals surface area contributed by atoms with Gasteiger partial charge in [-0.2, -0.15) is 4.63 Å². The van der Waals surface area contributed by atoms with Crippen molar-refractivity contribution in [3.05, 3.63) is 17.1 Å². The van der Waals surface area contributed by atoms with Crippen molar-refractivity contribution < 1.29 is 4.79 Å². The summed E-state index contributed by atoms with van der Waals surface area (Å²) in [5, 5.41) is 7.09. The van der Waals surface area contributed by atoms with Crippen molar-refractivity contribution in [2.45, 2.75) is 26.7 Å². The molecule has 2 aromatic rings. The molecule has 0 aliphatic carbocycles. The van der Waals surface area contributed by atoms with Crippen molar-refractivity contribution in [2.75, 3.05) is 0 Å². The third-order valence-corrected chi connectivity index (χ3v) is 2.26. The summed E-state index contributed by atoms with van der Waals surface area (Å²) in [5.41, 5.74) is 2.28. The van der Waals surface area contributed by atoms with Gasteiger partial charge in [0.2, 0.25) is 0 Å². The van der Waals surface area contributed by atoms with Gasteiger partial charge in [0.25, 0.3) is 0 Å². The Balaban J connectivity index is 2.67. The van der Waals surface area contributed by atoms with Crippen LogP contribution in [-0.2, 0) is 12.8 Å². The summed E-state index contributed by atoms with van der Waals surface area (Å²) in [6, 6.07) is 0. The minimum absolute atomic E-state index is 0.574. The van der Waals surface area contributed by atoms with E-state index in [-0.39, 0.29) is 0 Å². The van der Waals surface area contributed by atoms with Gasteiger partial charge >= 0.3 is 0 Å². The van der Waals surface area contributed by atoms with Gasteiger partial charge < -0.3 is 0 Å². The number of nitrogens with zero attached hydrogens (tertiary/aromatic N) is 3. The Hall–Kier alpha value is -1.65. The summed E-state index contributed by atoms with van der Waals surface area (Å²) in [6.45, 7) is 4.00. The van der Waals surface area contributed by atoms with Crippen molar-refractivity contribution in [2.24, 2.45) is 0 Å². The first kappa shape index (κ1) is 8.93. The van der Waals surface area contributed by atoms with Crippen molar-refractivity contribution >= 4 is 11.9 Å². The molecule has 0 aromatic carbocycles. The smallest absolute Gasteiger partial charge is 0.179 e. The molecule has 0 radical (unpaired) electrons. The van der Waals surface area contributed by atoms with Gasteiger partial charge in [-0.05, 0) is 6.42 Å². The highest BCUT2D eigenvalue weighted by molar-refractivity contribution is 5.78. The highest BCUT2D eigenvalue weighted by Gasteiger charge is 2.12. The van der Waals surface area contributed by atoms with Gasteiger partial charge in [-0.15, -0.1) is 5.10 Å². The molecule has 0 saturated carbocycles. The molecule has 0 atom stereocenters. The summed E-state index contributed by atoms with van der Waals surface area (Å²) < 4.78 is 1.57. The molecule has 0 bridgehead atoms. The van der Waals surface area contributed by atoms with Crippen LogP contribution < -0.4 is 0 Å². The van der Waals surface area contributed by atoms with E-state index in [9.17, 15) is 4.79 Å². The Labute approximate surface area is 81.1 Å². The standard InChI is InChI=1S/C9H12N4O/c1-3-6-7(5-14)11-13-9(6)10-8(4-2)12-13/h5,11H,3-4H2,1-2H3. The van der Waals surface area contributed by atoms with E-state index in [1.165, 1.54) is 0 Å². The molecule has 2 heterocycles. The van der Waals surface area contributed by atoms with Crippen LogP contribution in [0.15, 0.2) is 0 Å². The van der Waals surface area contributed by atoms with Crippen LogP contribution in [0.25, 0.3) is 5.65 Å². The highest BCUT2D eigenvalue weighted by atomic mass is 16.1. The number of H-pyrrole nitrogens is 1. The number of carbonyl (C=O) groups excluding carboxylic acids is 1. The molecule has 1 N–H and O–H groups in total. The fourth-order valence-electron chi connectivity index (χ4n) is 1.53. The minimum Gasteiger partial charge on any atom is -0.296 e. The largest absolute Gasteiger partial charge is 0.296 e. The average Bonchev–Trinajstić information content (AvgIpc) is 2.72. The summed E-state index contributed by atoms with van der Waals surface area (Å²) in [4.78, 5) is 15.0. The molecule has 0 aliphatic rings. The van der Waals surface area contributed by atoms with Crippen molar-refractivity contribution in [1.82, 2.24) is 19.8 Å². The Morgan fingerprint density at radius 3 is 2.79 bits per heavy atom. The number of aromatic amines is 1. The van der Waals surface area contributed by atoms with Crippen LogP contribution in [0.5, 0.6) is 0 Å². The second-order valence-electron chi connectivity index (χ2n) is 3.09. The number of hydrogen-bond acceptors (Lipinski definition) is 3. The van der Waals surface area contributed by atoms with Gasteiger partial charge in [-0.3, -0.25) is 9.89 Å². The molecule has 0 fully saturated rings. The molecule has 0 amide bonds. The van der Waals surface area contributed by atoms with Gasteiger partial charge in [0, 0.05) is 12.0 Å². The van der Waals surface area contributed by atoms with E-state index in [1.54, 1.807) is 4.63 Å². The van der Waals surface area contributed by atoms with Gasteiger partial charge in [0.1, 0.15) is 5.69 Å². The number of aromatic nitrogens is 4. The van der Waals surface area contributed by atoms with Crippen LogP contribution in [0.3, 0.4) is 0 Å². The molecule has 0 unspecified atom stereocenters. The van der Waals surface area contributed by atoms with Crippen LogP contribution in [0.4, 0.5) is 0 Å². The Bertz CT molecular complexity index is 468. The van der Waals surface area contributed by atoms with Gasteiger partial charge in [-0.1, -0.05) is 13.8 Å². The first-order chi connectivity index (χ1) is 6.80.